The van der Waals surface area contributed by atoms with Gasteiger partial charge in [0.15, 0.2) is 0 Å². The van der Waals surface area contributed by atoms with Crippen molar-refractivity contribution in [3.63, 3.8) is 0 Å². The Hall–Kier alpha value is -2.88. The van der Waals surface area contributed by atoms with Crippen LogP contribution in [-0.2, 0) is 19.2 Å². The number of likely N-dealkylation sites (N-methyl/N-ethyl adjacent to an activating group) is 1. The highest BCUT2D eigenvalue weighted by Gasteiger charge is 2.85. The van der Waals surface area contributed by atoms with E-state index in [-0.39, 0.29) is 57.8 Å². The molecule has 2 spiro atoms. The van der Waals surface area contributed by atoms with Crippen molar-refractivity contribution in [3.05, 3.63) is 24.9 Å². The van der Waals surface area contributed by atoms with E-state index in [1.165, 1.54) is 6.42 Å². The number of hydrogen-bond acceptors (Lipinski definition) is 6. The molecule has 52 heavy (non-hydrogen) atoms. The molecular formula is C42H68N6O4. The predicted octanol–water partition coefficient (Wildman–Crippen LogP) is 5.05. The standard InChI is InChI=1S/C42H68N6O4/c1-11-29-23-42(29,37(52)43-10)46-34(49)31-24-41(39(8,9)40(41)20-16-21-40)25-48(31)36(51)33(38(5,6)7)45-35(50)32(28-17-13-12-14-18-28)44-27(4)30-19-15-22-47(30)26(2)3/h11,26,28-33,44H,1,4,12-25H2,2-3,5-10H3,(H,43,52)(H,45,50)(H,46,49)/t29-,30+,31?,32?,33-,41-,42-/m1/s1. The molecule has 6 fully saturated rings. The van der Waals surface area contributed by atoms with Gasteiger partial charge in [0, 0.05) is 42.7 Å². The van der Waals surface area contributed by atoms with Crippen LogP contribution in [0.3, 0.4) is 0 Å². The van der Waals surface area contributed by atoms with Crippen LogP contribution in [0.1, 0.15) is 126 Å². The zero-order valence-corrected chi connectivity index (χ0v) is 33.5. The molecule has 4 saturated carbocycles. The summed E-state index contributed by atoms with van der Waals surface area (Å²) in [5.41, 5.74) is -0.881. The Kier molecular flexibility index (Phi) is 10.3. The summed E-state index contributed by atoms with van der Waals surface area (Å²) >= 11 is 0. The fraction of sp³-hybridized carbons (Fsp3) is 0.810. The van der Waals surface area contributed by atoms with E-state index in [9.17, 15) is 14.4 Å². The van der Waals surface area contributed by atoms with Gasteiger partial charge in [0.25, 0.3) is 0 Å². The quantitative estimate of drug-likeness (QED) is 0.210. The summed E-state index contributed by atoms with van der Waals surface area (Å²) in [5.74, 6) is -0.939. The maximum atomic E-state index is 15.1. The molecule has 6 rings (SSSR count). The van der Waals surface area contributed by atoms with E-state index in [1.807, 2.05) is 20.8 Å². The smallest absolute Gasteiger partial charge is 0.246 e. The second-order valence-corrected chi connectivity index (χ2v) is 19.3. The number of hydrogen-bond donors (Lipinski definition) is 4. The van der Waals surface area contributed by atoms with Gasteiger partial charge >= 0.3 is 0 Å². The van der Waals surface area contributed by atoms with Crippen LogP contribution in [0.15, 0.2) is 24.9 Å². The molecule has 4 aliphatic carbocycles. The minimum atomic E-state index is -1.05. The summed E-state index contributed by atoms with van der Waals surface area (Å²) in [5, 5.41) is 12.8. The lowest BCUT2D eigenvalue weighted by atomic mass is 9.73. The molecule has 2 heterocycles. The Morgan fingerprint density at radius 2 is 1.56 bits per heavy atom. The fourth-order valence-corrected chi connectivity index (χ4v) is 11.6. The molecule has 7 atom stereocenters. The Balaban J connectivity index is 1.27. The highest BCUT2D eigenvalue weighted by molar-refractivity contribution is 5.99. The van der Waals surface area contributed by atoms with Gasteiger partial charge in [-0.15, -0.1) is 6.58 Å². The second kappa shape index (κ2) is 13.8. The fourth-order valence-electron chi connectivity index (χ4n) is 11.6. The first kappa shape index (κ1) is 38.8. The van der Waals surface area contributed by atoms with Crippen LogP contribution in [0.5, 0.6) is 0 Å². The third-order valence-corrected chi connectivity index (χ3v) is 15.2. The molecule has 6 aliphatic rings. The van der Waals surface area contributed by atoms with E-state index < -0.39 is 29.1 Å². The van der Waals surface area contributed by atoms with Crippen LogP contribution >= 0.6 is 0 Å². The van der Waals surface area contributed by atoms with Crippen molar-refractivity contribution < 1.29 is 19.2 Å². The number of likely N-dealkylation sites (tertiary alicyclic amines) is 2. The lowest BCUT2D eigenvalue weighted by Gasteiger charge is -2.39. The van der Waals surface area contributed by atoms with Crippen molar-refractivity contribution in [2.24, 2.45) is 33.5 Å². The van der Waals surface area contributed by atoms with E-state index in [0.717, 1.165) is 70.0 Å². The van der Waals surface area contributed by atoms with Crippen molar-refractivity contribution in [3.8, 4) is 0 Å². The van der Waals surface area contributed by atoms with Gasteiger partial charge in [0.05, 0.1) is 0 Å². The lowest BCUT2D eigenvalue weighted by molar-refractivity contribution is -0.145. The molecule has 2 aliphatic heterocycles. The van der Waals surface area contributed by atoms with Crippen LogP contribution in [0, 0.1) is 33.5 Å². The van der Waals surface area contributed by atoms with E-state index >= 15 is 4.79 Å². The largest absolute Gasteiger partial charge is 0.376 e. The molecule has 4 amide bonds. The molecule has 2 saturated heterocycles. The Bertz CT molecular complexity index is 1460. The van der Waals surface area contributed by atoms with Crippen molar-refractivity contribution >= 4 is 23.6 Å². The SMILES string of the molecule is C=C[C@@H]1C[C@]1(NC(=O)C1C[C@@]2(CN1C(=O)[C@@H](NC(=O)C(NC(=C)[C@@H]1CCCN1C(C)C)C1CCCCC1)C(C)(C)C)C(C)(C)C21CCC1)C(=O)NC. The van der Waals surface area contributed by atoms with Crippen LogP contribution < -0.4 is 21.3 Å². The summed E-state index contributed by atoms with van der Waals surface area (Å²) < 4.78 is 0. The number of nitrogens with one attached hydrogen (secondary N) is 4. The molecule has 0 bridgehead atoms. The molecule has 4 N–H and O–H groups in total. The first-order valence-corrected chi connectivity index (χ1v) is 20.4. The van der Waals surface area contributed by atoms with Crippen molar-refractivity contribution in [1.29, 1.82) is 0 Å². The maximum Gasteiger partial charge on any atom is 0.246 e. The van der Waals surface area contributed by atoms with Crippen LogP contribution in [0.2, 0.25) is 0 Å². The zero-order chi connectivity index (χ0) is 38.0. The van der Waals surface area contributed by atoms with E-state index in [0.29, 0.717) is 25.4 Å². The number of carbonyl (C=O) groups is 4. The molecule has 0 radical (unpaired) electrons. The Labute approximate surface area is 313 Å². The molecule has 10 heteroatoms. The van der Waals surface area contributed by atoms with E-state index in [4.69, 9.17) is 0 Å². The molecule has 290 valence electrons. The number of amides is 4. The van der Waals surface area contributed by atoms with Gasteiger partial charge in [-0.05, 0) is 93.9 Å². The zero-order valence-electron chi connectivity index (χ0n) is 33.5. The van der Waals surface area contributed by atoms with Crippen LogP contribution in [0.25, 0.3) is 0 Å². The third-order valence-electron chi connectivity index (χ3n) is 15.2. The average Bonchev–Trinajstić information content (AvgIpc) is 3.58. The van der Waals surface area contributed by atoms with Crippen molar-refractivity contribution in [2.45, 2.75) is 161 Å². The van der Waals surface area contributed by atoms with Crippen LogP contribution in [-0.4, -0.2) is 89.3 Å². The normalized spacial score (nSPS) is 33.2. The number of rotatable bonds is 12. The number of nitrogens with zero attached hydrogens (tertiary/aromatic N) is 2. The number of fused-ring (bicyclic) bond motifs is 1. The third kappa shape index (κ3) is 6.11. The Morgan fingerprint density at radius 3 is 2.08 bits per heavy atom. The number of carbonyl (C=O) groups excluding carboxylic acids is 4. The first-order chi connectivity index (χ1) is 24.4. The van der Waals surface area contributed by atoms with Crippen molar-refractivity contribution in [1.82, 2.24) is 31.1 Å². The summed E-state index contributed by atoms with van der Waals surface area (Å²) in [6.45, 7) is 24.9. The molecule has 0 aromatic rings. The van der Waals surface area contributed by atoms with Gasteiger partial charge in [0.1, 0.15) is 23.7 Å². The van der Waals surface area contributed by atoms with Gasteiger partial charge in [-0.2, -0.15) is 0 Å². The topological polar surface area (TPSA) is 123 Å². The monoisotopic (exact) mass is 721 g/mol. The van der Waals surface area contributed by atoms with E-state index in [2.05, 4.69) is 67.0 Å². The highest BCUT2D eigenvalue weighted by atomic mass is 16.2. The summed E-state index contributed by atoms with van der Waals surface area (Å²) in [6, 6.07) is -1.53. The van der Waals surface area contributed by atoms with Gasteiger partial charge < -0.3 is 26.2 Å². The van der Waals surface area contributed by atoms with Crippen LogP contribution in [0.4, 0.5) is 0 Å². The maximum absolute atomic E-state index is 15.1. The summed E-state index contributed by atoms with van der Waals surface area (Å²) in [4.78, 5) is 61.5. The Morgan fingerprint density at radius 1 is 0.885 bits per heavy atom. The van der Waals surface area contributed by atoms with E-state index in [1.54, 1.807) is 18.0 Å². The van der Waals surface area contributed by atoms with Crippen molar-refractivity contribution in [2.75, 3.05) is 20.1 Å². The second-order valence-electron chi connectivity index (χ2n) is 19.3. The lowest BCUT2D eigenvalue weighted by Crippen LogP contribution is -2.62. The first-order valence-electron chi connectivity index (χ1n) is 20.4. The van der Waals surface area contributed by atoms with Gasteiger partial charge in [0.2, 0.25) is 23.6 Å². The molecule has 2 unspecified atom stereocenters. The van der Waals surface area contributed by atoms with Gasteiger partial charge in [-0.25, -0.2) is 0 Å². The molecular weight excluding hydrogens is 653 g/mol. The highest BCUT2D eigenvalue weighted by Crippen LogP contribution is 2.88. The minimum absolute atomic E-state index is 0.0194. The molecule has 10 nitrogen and oxygen atoms in total. The summed E-state index contributed by atoms with van der Waals surface area (Å²) in [6.07, 6.45) is 13.5. The summed E-state index contributed by atoms with van der Waals surface area (Å²) in [7, 11) is 1.58. The van der Waals surface area contributed by atoms with Gasteiger partial charge in [-0.3, -0.25) is 24.1 Å². The average molecular weight is 721 g/mol. The van der Waals surface area contributed by atoms with Gasteiger partial charge in [-0.1, -0.05) is 73.0 Å². The molecule has 0 aromatic heterocycles. The molecule has 0 aromatic carbocycles. The predicted molar refractivity (Wildman–Crippen MR) is 205 cm³/mol. The minimum Gasteiger partial charge on any atom is -0.376 e.